The first-order chi connectivity index (χ1) is 9.64. The highest BCUT2D eigenvalue weighted by Crippen LogP contribution is 2.34. The fourth-order valence-electron chi connectivity index (χ4n) is 3.21. The molecule has 1 aliphatic carbocycles. The minimum atomic E-state index is -0.329. The van der Waals surface area contributed by atoms with Crippen LogP contribution in [0, 0.1) is 6.92 Å². The molecule has 1 saturated heterocycles. The lowest BCUT2D eigenvalue weighted by Crippen LogP contribution is -2.54. The molecule has 1 N–H and O–H groups in total. The molecule has 1 atom stereocenters. The van der Waals surface area contributed by atoms with Crippen molar-refractivity contribution in [2.24, 2.45) is 0 Å². The van der Waals surface area contributed by atoms with E-state index in [4.69, 9.17) is 4.42 Å². The second-order valence-electron chi connectivity index (χ2n) is 6.14. The Bertz CT molecular complexity index is 484. The fourth-order valence-corrected chi connectivity index (χ4v) is 3.21. The van der Waals surface area contributed by atoms with Gasteiger partial charge in [0.2, 0.25) is 5.91 Å². The summed E-state index contributed by atoms with van der Waals surface area (Å²) in [4.78, 5) is 15.1. The molecule has 1 saturated carbocycles. The zero-order valence-corrected chi connectivity index (χ0v) is 12.4. The number of aryl methyl sites for hydroxylation is 1. The molecular weight excluding hydrogens is 252 g/mol. The van der Waals surface area contributed by atoms with Crippen molar-refractivity contribution in [3.05, 3.63) is 23.7 Å². The maximum absolute atomic E-state index is 13.0. The molecule has 110 valence electrons. The summed E-state index contributed by atoms with van der Waals surface area (Å²) in [5, 5.41) is 3.45. The Kier molecular flexibility index (Phi) is 3.59. The molecule has 1 aromatic rings. The molecule has 0 radical (unpaired) electrons. The highest BCUT2D eigenvalue weighted by atomic mass is 16.3. The van der Waals surface area contributed by atoms with Gasteiger partial charge in [0.15, 0.2) is 0 Å². The van der Waals surface area contributed by atoms with Crippen molar-refractivity contribution in [2.75, 3.05) is 6.54 Å². The molecule has 1 unspecified atom stereocenters. The summed E-state index contributed by atoms with van der Waals surface area (Å²) >= 11 is 0. The Morgan fingerprint density at radius 1 is 1.50 bits per heavy atom. The number of furan rings is 1. The Morgan fingerprint density at radius 3 is 2.80 bits per heavy atom. The summed E-state index contributed by atoms with van der Waals surface area (Å²) in [6.45, 7) is 5.62. The molecule has 0 bridgehead atoms. The van der Waals surface area contributed by atoms with Crippen LogP contribution in [0.5, 0.6) is 0 Å². The van der Waals surface area contributed by atoms with E-state index in [1.54, 1.807) is 0 Å². The predicted octanol–water partition coefficient (Wildman–Crippen LogP) is 2.61. The molecule has 1 amide bonds. The Hall–Kier alpha value is -1.29. The van der Waals surface area contributed by atoms with E-state index in [9.17, 15) is 4.79 Å². The van der Waals surface area contributed by atoms with Crippen molar-refractivity contribution in [3.63, 3.8) is 0 Å². The number of nitrogens with zero attached hydrogens (tertiary/aromatic N) is 1. The quantitative estimate of drug-likeness (QED) is 0.899. The average Bonchev–Trinajstić information content (AvgIpc) is 3.02. The van der Waals surface area contributed by atoms with Crippen molar-refractivity contribution in [1.29, 1.82) is 0 Å². The molecule has 2 heterocycles. The first-order valence-corrected chi connectivity index (χ1v) is 7.76. The van der Waals surface area contributed by atoms with Gasteiger partial charge in [-0.15, -0.1) is 0 Å². The molecule has 4 heteroatoms. The third-order valence-electron chi connectivity index (χ3n) is 4.63. The first-order valence-electron chi connectivity index (χ1n) is 7.76. The monoisotopic (exact) mass is 276 g/mol. The standard InChI is InChI=1S/C16H24N2O2/c1-3-16(9-4-10-17-16)15(19)18(13-6-7-13)11-14-8-5-12(2)20-14/h5,8,13,17H,3-4,6-7,9-11H2,1-2H3. The largest absolute Gasteiger partial charge is 0.464 e. The highest BCUT2D eigenvalue weighted by Gasteiger charge is 2.45. The molecule has 1 aliphatic heterocycles. The van der Waals surface area contributed by atoms with Crippen molar-refractivity contribution in [1.82, 2.24) is 10.2 Å². The van der Waals surface area contributed by atoms with E-state index in [2.05, 4.69) is 12.2 Å². The average molecular weight is 276 g/mol. The van der Waals surface area contributed by atoms with Crippen LogP contribution in [0.15, 0.2) is 16.5 Å². The van der Waals surface area contributed by atoms with Crippen molar-refractivity contribution in [2.45, 2.75) is 64.1 Å². The number of hydrogen-bond donors (Lipinski definition) is 1. The second-order valence-corrected chi connectivity index (χ2v) is 6.14. The van der Waals surface area contributed by atoms with E-state index in [-0.39, 0.29) is 11.4 Å². The van der Waals surface area contributed by atoms with Crippen LogP contribution in [0.2, 0.25) is 0 Å². The molecule has 20 heavy (non-hydrogen) atoms. The molecule has 2 fully saturated rings. The van der Waals surface area contributed by atoms with E-state index in [1.807, 2.05) is 24.0 Å². The minimum Gasteiger partial charge on any atom is -0.464 e. The summed E-state index contributed by atoms with van der Waals surface area (Å²) in [5.41, 5.74) is -0.329. The Labute approximate surface area is 120 Å². The summed E-state index contributed by atoms with van der Waals surface area (Å²) in [7, 11) is 0. The number of nitrogens with one attached hydrogen (secondary N) is 1. The van der Waals surface area contributed by atoms with Gasteiger partial charge in [-0.2, -0.15) is 0 Å². The molecular formula is C16H24N2O2. The van der Waals surface area contributed by atoms with Crippen LogP contribution in [0.3, 0.4) is 0 Å². The maximum Gasteiger partial charge on any atom is 0.243 e. The summed E-state index contributed by atoms with van der Waals surface area (Å²) in [5.74, 6) is 2.08. The molecule has 0 aromatic carbocycles. The molecule has 2 aliphatic rings. The normalized spacial score (nSPS) is 25.9. The number of amides is 1. The van der Waals surface area contributed by atoms with E-state index >= 15 is 0 Å². The molecule has 4 nitrogen and oxygen atoms in total. The van der Waals surface area contributed by atoms with E-state index in [0.717, 1.165) is 50.2 Å². The van der Waals surface area contributed by atoms with Gasteiger partial charge in [0.25, 0.3) is 0 Å². The first kappa shape index (κ1) is 13.7. The number of hydrogen-bond acceptors (Lipinski definition) is 3. The number of carbonyl (C=O) groups excluding carboxylic acids is 1. The van der Waals surface area contributed by atoms with Crippen LogP contribution in [0.25, 0.3) is 0 Å². The topological polar surface area (TPSA) is 45.5 Å². The van der Waals surface area contributed by atoms with Crippen molar-refractivity contribution >= 4 is 5.91 Å². The van der Waals surface area contributed by atoms with Gasteiger partial charge in [0.05, 0.1) is 12.1 Å². The summed E-state index contributed by atoms with van der Waals surface area (Å²) in [6.07, 6.45) is 5.18. The second kappa shape index (κ2) is 5.24. The number of carbonyl (C=O) groups is 1. The van der Waals surface area contributed by atoms with Gasteiger partial charge in [0.1, 0.15) is 11.5 Å². The SMILES string of the molecule is CCC1(C(=O)N(Cc2ccc(C)o2)C2CC2)CCCN1. The van der Waals surface area contributed by atoms with E-state index in [1.165, 1.54) is 0 Å². The van der Waals surface area contributed by atoms with Crippen LogP contribution in [-0.2, 0) is 11.3 Å². The van der Waals surface area contributed by atoms with Crippen LogP contribution < -0.4 is 5.32 Å². The minimum absolute atomic E-state index is 0.272. The number of rotatable bonds is 5. The van der Waals surface area contributed by atoms with Gasteiger partial charge in [-0.3, -0.25) is 4.79 Å². The predicted molar refractivity (Wildman–Crippen MR) is 77.3 cm³/mol. The van der Waals surface area contributed by atoms with Gasteiger partial charge in [0, 0.05) is 6.04 Å². The zero-order valence-electron chi connectivity index (χ0n) is 12.4. The summed E-state index contributed by atoms with van der Waals surface area (Å²) < 4.78 is 5.66. The smallest absolute Gasteiger partial charge is 0.243 e. The zero-order chi connectivity index (χ0) is 14.2. The fraction of sp³-hybridized carbons (Fsp3) is 0.688. The third kappa shape index (κ3) is 2.49. The molecule has 0 spiro atoms. The maximum atomic E-state index is 13.0. The van der Waals surface area contributed by atoms with Crippen LogP contribution >= 0.6 is 0 Å². The highest BCUT2D eigenvalue weighted by molar-refractivity contribution is 5.87. The lowest BCUT2D eigenvalue weighted by atomic mass is 9.92. The van der Waals surface area contributed by atoms with Crippen LogP contribution in [-0.4, -0.2) is 28.9 Å². The van der Waals surface area contributed by atoms with Crippen LogP contribution in [0.4, 0.5) is 0 Å². The van der Waals surface area contributed by atoms with Crippen molar-refractivity contribution in [3.8, 4) is 0 Å². The van der Waals surface area contributed by atoms with Gasteiger partial charge < -0.3 is 14.6 Å². The van der Waals surface area contributed by atoms with Crippen molar-refractivity contribution < 1.29 is 9.21 Å². The van der Waals surface area contributed by atoms with Gasteiger partial charge in [-0.25, -0.2) is 0 Å². The van der Waals surface area contributed by atoms with E-state index in [0.29, 0.717) is 12.6 Å². The Morgan fingerprint density at radius 2 is 2.30 bits per heavy atom. The summed E-state index contributed by atoms with van der Waals surface area (Å²) in [6, 6.07) is 4.37. The Balaban J connectivity index is 1.78. The van der Waals surface area contributed by atoms with Gasteiger partial charge in [-0.1, -0.05) is 6.92 Å². The van der Waals surface area contributed by atoms with Crippen LogP contribution in [0.1, 0.15) is 50.5 Å². The molecule has 1 aromatic heterocycles. The lowest BCUT2D eigenvalue weighted by Gasteiger charge is -2.33. The van der Waals surface area contributed by atoms with Gasteiger partial charge in [-0.05, 0) is 57.7 Å². The third-order valence-corrected chi connectivity index (χ3v) is 4.63. The van der Waals surface area contributed by atoms with E-state index < -0.39 is 0 Å². The lowest BCUT2D eigenvalue weighted by molar-refractivity contribution is -0.139. The molecule has 3 rings (SSSR count). The van der Waals surface area contributed by atoms with Gasteiger partial charge >= 0.3 is 0 Å².